The van der Waals surface area contributed by atoms with Gasteiger partial charge in [-0.1, -0.05) is 30.2 Å². The first-order valence-electron chi connectivity index (χ1n) is 7.14. The number of hydrogen-bond donors (Lipinski definition) is 1. The third-order valence-corrected chi connectivity index (χ3v) is 4.12. The maximum atomic E-state index is 3.63. The van der Waals surface area contributed by atoms with E-state index in [9.17, 15) is 0 Å². The van der Waals surface area contributed by atoms with Gasteiger partial charge in [-0.3, -0.25) is 0 Å². The molecule has 1 fully saturated rings. The molecule has 2 nitrogen and oxygen atoms in total. The Morgan fingerprint density at radius 3 is 2.89 bits per heavy atom. The smallest absolute Gasteiger partial charge is 0.0217 e. The maximum absolute atomic E-state index is 3.63. The van der Waals surface area contributed by atoms with Crippen molar-refractivity contribution in [2.24, 2.45) is 0 Å². The first kappa shape index (κ1) is 13.6. The van der Waals surface area contributed by atoms with E-state index in [2.05, 4.69) is 49.3 Å². The lowest BCUT2D eigenvalue weighted by Gasteiger charge is -2.32. The Morgan fingerprint density at radius 1 is 1.28 bits per heavy atom. The van der Waals surface area contributed by atoms with E-state index in [1.54, 1.807) is 0 Å². The Bertz CT molecular complexity index is 387. The number of aryl methyl sites for hydroxylation is 2. The molecule has 1 saturated heterocycles. The summed E-state index contributed by atoms with van der Waals surface area (Å²) in [6.07, 6.45) is 4.10. The number of benzene rings is 1. The highest BCUT2D eigenvalue weighted by molar-refractivity contribution is 5.30. The molecule has 0 radical (unpaired) electrons. The molecule has 1 aromatic carbocycles. The van der Waals surface area contributed by atoms with Crippen molar-refractivity contribution in [2.45, 2.75) is 45.7 Å². The van der Waals surface area contributed by atoms with Crippen LogP contribution in [0.1, 0.15) is 36.0 Å². The molecule has 1 unspecified atom stereocenters. The molecular formula is C16H26N2. The van der Waals surface area contributed by atoms with Crippen LogP contribution in [0, 0.1) is 13.8 Å². The number of rotatable bonds is 4. The molecule has 0 amide bonds. The predicted molar refractivity (Wildman–Crippen MR) is 77.9 cm³/mol. The SMILES string of the molecule is Cc1ccc(C)c(CNCC2CCCCN2C)c1. The minimum atomic E-state index is 0.726. The Labute approximate surface area is 111 Å². The van der Waals surface area contributed by atoms with E-state index in [4.69, 9.17) is 0 Å². The third-order valence-electron chi connectivity index (χ3n) is 4.12. The summed E-state index contributed by atoms with van der Waals surface area (Å²) in [6.45, 7) is 7.73. The Kier molecular flexibility index (Phi) is 4.79. The molecule has 2 heteroatoms. The molecule has 1 aliphatic heterocycles. The van der Waals surface area contributed by atoms with Crippen LogP contribution < -0.4 is 5.32 Å². The molecule has 0 bridgehead atoms. The second-order valence-corrected chi connectivity index (χ2v) is 5.69. The molecule has 0 aromatic heterocycles. The summed E-state index contributed by atoms with van der Waals surface area (Å²) < 4.78 is 0. The zero-order valence-corrected chi connectivity index (χ0v) is 12.0. The summed E-state index contributed by atoms with van der Waals surface area (Å²) in [6, 6.07) is 7.43. The molecule has 0 spiro atoms. The van der Waals surface area contributed by atoms with E-state index in [1.165, 1.54) is 42.5 Å². The quantitative estimate of drug-likeness (QED) is 0.879. The molecule has 0 saturated carbocycles. The van der Waals surface area contributed by atoms with Gasteiger partial charge in [0.05, 0.1) is 0 Å². The van der Waals surface area contributed by atoms with Crippen LogP contribution in [0.5, 0.6) is 0 Å². The van der Waals surface area contributed by atoms with Crippen LogP contribution in [0.15, 0.2) is 18.2 Å². The molecule has 1 atom stereocenters. The van der Waals surface area contributed by atoms with E-state index < -0.39 is 0 Å². The molecule has 1 aliphatic rings. The van der Waals surface area contributed by atoms with E-state index in [0.717, 1.165) is 19.1 Å². The van der Waals surface area contributed by atoms with Gasteiger partial charge in [0, 0.05) is 19.1 Å². The van der Waals surface area contributed by atoms with Crippen molar-refractivity contribution in [1.29, 1.82) is 0 Å². The Morgan fingerprint density at radius 2 is 2.11 bits per heavy atom. The summed E-state index contributed by atoms with van der Waals surface area (Å²) in [4.78, 5) is 2.50. The van der Waals surface area contributed by atoms with Crippen LogP contribution in [0.25, 0.3) is 0 Å². The third kappa shape index (κ3) is 3.56. The van der Waals surface area contributed by atoms with Gasteiger partial charge in [-0.25, -0.2) is 0 Å². The van der Waals surface area contributed by atoms with Crippen LogP contribution in [-0.4, -0.2) is 31.1 Å². The van der Waals surface area contributed by atoms with Crippen molar-refractivity contribution in [1.82, 2.24) is 10.2 Å². The fourth-order valence-corrected chi connectivity index (χ4v) is 2.77. The second-order valence-electron chi connectivity index (χ2n) is 5.69. The van der Waals surface area contributed by atoms with Crippen LogP contribution in [0.2, 0.25) is 0 Å². The standard InChI is InChI=1S/C16H26N2/c1-13-7-8-14(2)15(10-13)11-17-12-16-6-4-5-9-18(16)3/h7-8,10,16-17H,4-6,9,11-12H2,1-3H3. The highest BCUT2D eigenvalue weighted by Gasteiger charge is 2.17. The van der Waals surface area contributed by atoms with Crippen molar-refractivity contribution in [3.8, 4) is 0 Å². The van der Waals surface area contributed by atoms with Crippen LogP contribution in [0.3, 0.4) is 0 Å². The predicted octanol–water partition coefficient (Wildman–Crippen LogP) is 2.88. The average molecular weight is 246 g/mol. The lowest BCUT2D eigenvalue weighted by molar-refractivity contribution is 0.181. The average Bonchev–Trinajstić information content (AvgIpc) is 2.36. The minimum absolute atomic E-state index is 0.726. The number of likely N-dealkylation sites (N-methyl/N-ethyl adjacent to an activating group) is 1. The topological polar surface area (TPSA) is 15.3 Å². The van der Waals surface area contributed by atoms with E-state index in [0.29, 0.717) is 0 Å². The normalized spacial score (nSPS) is 21.2. The summed E-state index contributed by atoms with van der Waals surface area (Å²) in [7, 11) is 2.25. The van der Waals surface area contributed by atoms with Gasteiger partial charge in [0.15, 0.2) is 0 Å². The van der Waals surface area contributed by atoms with E-state index in [-0.39, 0.29) is 0 Å². The van der Waals surface area contributed by atoms with E-state index >= 15 is 0 Å². The maximum Gasteiger partial charge on any atom is 0.0217 e. The fraction of sp³-hybridized carbons (Fsp3) is 0.625. The molecule has 1 heterocycles. The van der Waals surface area contributed by atoms with Crippen LogP contribution in [0.4, 0.5) is 0 Å². The molecule has 18 heavy (non-hydrogen) atoms. The summed E-state index contributed by atoms with van der Waals surface area (Å²) in [5.41, 5.74) is 4.19. The molecule has 100 valence electrons. The van der Waals surface area contributed by atoms with Crippen molar-refractivity contribution in [2.75, 3.05) is 20.1 Å². The van der Waals surface area contributed by atoms with E-state index in [1.807, 2.05) is 0 Å². The van der Waals surface area contributed by atoms with Gasteiger partial charge in [0.25, 0.3) is 0 Å². The molecule has 1 aromatic rings. The number of nitrogens with zero attached hydrogens (tertiary/aromatic N) is 1. The minimum Gasteiger partial charge on any atom is -0.311 e. The van der Waals surface area contributed by atoms with Crippen LogP contribution in [-0.2, 0) is 6.54 Å². The number of nitrogens with one attached hydrogen (secondary N) is 1. The summed E-state index contributed by atoms with van der Waals surface area (Å²) in [5.74, 6) is 0. The number of piperidine rings is 1. The summed E-state index contributed by atoms with van der Waals surface area (Å²) in [5, 5.41) is 3.63. The second kappa shape index (κ2) is 6.35. The molecular weight excluding hydrogens is 220 g/mol. The van der Waals surface area contributed by atoms with Gasteiger partial charge in [-0.05, 0) is 51.4 Å². The van der Waals surface area contributed by atoms with Gasteiger partial charge in [-0.2, -0.15) is 0 Å². The lowest BCUT2D eigenvalue weighted by atomic mass is 10.0. The molecule has 2 rings (SSSR count). The van der Waals surface area contributed by atoms with Gasteiger partial charge >= 0.3 is 0 Å². The first-order chi connectivity index (χ1) is 8.66. The van der Waals surface area contributed by atoms with Crippen molar-refractivity contribution in [3.05, 3.63) is 34.9 Å². The summed E-state index contributed by atoms with van der Waals surface area (Å²) >= 11 is 0. The highest BCUT2D eigenvalue weighted by atomic mass is 15.2. The monoisotopic (exact) mass is 246 g/mol. The Balaban J connectivity index is 1.82. The zero-order chi connectivity index (χ0) is 13.0. The molecule has 0 aliphatic carbocycles. The largest absolute Gasteiger partial charge is 0.311 e. The lowest BCUT2D eigenvalue weighted by Crippen LogP contribution is -2.42. The highest BCUT2D eigenvalue weighted by Crippen LogP contribution is 2.15. The number of hydrogen-bond acceptors (Lipinski definition) is 2. The van der Waals surface area contributed by atoms with Gasteiger partial charge in [0.2, 0.25) is 0 Å². The first-order valence-corrected chi connectivity index (χ1v) is 7.14. The van der Waals surface area contributed by atoms with Crippen LogP contribution >= 0.6 is 0 Å². The number of likely N-dealkylation sites (tertiary alicyclic amines) is 1. The van der Waals surface area contributed by atoms with Crippen molar-refractivity contribution >= 4 is 0 Å². The van der Waals surface area contributed by atoms with Crippen molar-refractivity contribution < 1.29 is 0 Å². The van der Waals surface area contributed by atoms with Crippen molar-refractivity contribution in [3.63, 3.8) is 0 Å². The zero-order valence-electron chi connectivity index (χ0n) is 12.0. The molecule has 1 N–H and O–H groups in total. The van der Waals surface area contributed by atoms with Gasteiger partial charge < -0.3 is 10.2 Å². The van der Waals surface area contributed by atoms with Gasteiger partial charge in [0.1, 0.15) is 0 Å². The van der Waals surface area contributed by atoms with Gasteiger partial charge in [-0.15, -0.1) is 0 Å². The fourth-order valence-electron chi connectivity index (χ4n) is 2.77. The Hall–Kier alpha value is -0.860.